The monoisotopic (exact) mass is 414 g/mol. The van der Waals surface area contributed by atoms with Crippen molar-refractivity contribution in [3.8, 4) is 0 Å². The molecule has 1 aromatic carbocycles. The summed E-state index contributed by atoms with van der Waals surface area (Å²) in [5.74, 6) is 0.234. The van der Waals surface area contributed by atoms with Gasteiger partial charge in [-0.05, 0) is 57.3 Å². The standard InChI is InChI=1S/C24H38N4O2/c1-18(2)16-22(25-23(29)21-10-6-5-8-19(21)3)24(30)28-14-12-27(13-15-28)20-9-7-11-26(4)17-20/h5-6,8,10,18,20,22H,7,9,11-17H2,1-4H3,(H,25,29). The van der Waals surface area contributed by atoms with Crippen molar-refractivity contribution >= 4 is 11.8 Å². The van der Waals surface area contributed by atoms with Gasteiger partial charge in [0.1, 0.15) is 6.04 Å². The maximum absolute atomic E-state index is 13.3. The van der Waals surface area contributed by atoms with E-state index >= 15 is 0 Å². The summed E-state index contributed by atoms with van der Waals surface area (Å²) in [5.41, 5.74) is 1.57. The predicted octanol–water partition coefficient (Wildman–Crippen LogP) is 2.38. The number of carbonyl (C=O) groups is 2. The Labute approximate surface area is 181 Å². The Balaban J connectivity index is 1.60. The normalized spacial score (nSPS) is 22.2. The van der Waals surface area contributed by atoms with Crippen LogP contribution in [0.2, 0.25) is 0 Å². The molecule has 0 bridgehead atoms. The number of benzene rings is 1. The van der Waals surface area contributed by atoms with Crippen LogP contribution in [0.3, 0.4) is 0 Å². The summed E-state index contributed by atoms with van der Waals surface area (Å²) in [5, 5.41) is 3.03. The summed E-state index contributed by atoms with van der Waals surface area (Å²) < 4.78 is 0. The van der Waals surface area contributed by atoms with Crippen LogP contribution < -0.4 is 5.32 Å². The van der Waals surface area contributed by atoms with Gasteiger partial charge in [-0.1, -0.05) is 32.0 Å². The predicted molar refractivity (Wildman–Crippen MR) is 121 cm³/mol. The van der Waals surface area contributed by atoms with Gasteiger partial charge in [0.25, 0.3) is 5.91 Å². The first-order valence-corrected chi connectivity index (χ1v) is 11.4. The Morgan fingerprint density at radius 1 is 1.10 bits per heavy atom. The van der Waals surface area contributed by atoms with Gasteiger partial charge in [-0.25, -0.2) is 0 Å². The van der Waals surface area contributed by atoms with Gasteiger partial charge in [-0.3, -0.25) is 14.5 Å². The molecule has 0 radical (unpaired) electrons. The molecule has 2 amide bonds. The second kappa shape index (κ2) is 10.4. The number of hydrogen-bond donors (Lipinski definition) is 1. The number of carbonyl (C=O) groups excluding carboxylic acids is 2. The third-order valence-corrected chi connectivity index (χ3v) is 6.44. The highest BCUT2D eigenvalue weighted by molar-refractivity contribution is 5.98. The quantitative estimate of drug-likeness (QED) is 0.777. The van der Waals surface area contributed by atoms with Crippen LogP contribution in [0, 0.1) is 12.8 Å². The number of likely N-dealkylation sites (tertiary alicyclic amines) is 1. The molecule has 2 aliphatic heterocycles. The topological polar surface area (TPSA) is 55.9 Å². The number of rotatable bonds is 6. The number of aryl methyl sites for hydroxylation is 1. The first-order valence-electron chi connectivity index (χ1n) is 11.4. The first kappa shape index (κ1) is 22.8. The molecule has 2 aliphatic rings. The molecule has 0 aromatic heterocycles. The fourth-order valence-electron chi connectivity index (χ4n) is 4.72. The van der Waals surface area contributed by atoms with Crippen LogP contribution in [0.15, 0.2) is 24.3 Å². The van der Waals surface area contributed by atoms with Crippen LogP contribution in [0.5, 0.6) is 0 Å². The number of piperazine rings is 1. The lowest BCUT2D eigenvalue weighted by Gasteiger charge is -2.43. The summed E-state index contributed by atoms with van der Waals surface area (Å²) in [4.78, 5) is 33.0. The molecule has 0 aliphatic carbocycles. The van der Waals surface area contributed by atoms with Crippen molar-refractivity contribution in [2.75, 3.05) is 46.3 Å². The Morgan fingerprint density at radius 2 is 1.80 bits per heavy atom. The van der Waals surface area contributed by atoms with Crippen LogP contribution in [-0.2, 0) is 4.79 Å². The molecule has 2 atom stereocenters. The molecular weight excluding hydrogens is 376 g/mol. The lowest BCUT2D eigenvalue weighted by atomic mass is 10.0. The van der Waals surface area contributed by atoms with Gasteiger partial charge in [-0.2, -0.15) is 0 Å². The number of likely N-dealkylation sites (N-methyl/N-ethyl adjacent to an activating group) is 1. The number of amides is 2. The molecule has 2 fully saturated rings. The summed E-state index contributed by atoms with van der Waals surface area (Å²) >= 11 is 0. The third-order valence-electron chi connectivity index (χ3n) is 6.44. The summed E-state index contributed by atoms with van der Waals surface area (Å²) in [7, 11) is 2.19. The van der Waals surface area contributed by atoms with Gasteiger partial charge in [0.05, 0.1) is 0 Å². The third kappa shape index (κ3) is 5.82. The fraction of sp³-hybridized carbons (Fsp3) is 0.667. The van der Waals surface area contributed by atoms with Crippen LogP contribution in [0.4, 0.5) is 0 Å². The average Bonchev–Trinajstić information content (AvgIpc) is 2.73. The van der Waals surface area contributed by atoms with Gasteiger partial charge in [0.2, 0.25) is 5.91 Å². The zero-order chi connectivity index (χ0) is 21.7. The first-order chi connectivity index (χ1) is 14.3. The highest BCUT2D eigenvalue weighted by Gasteiger charge is 2.32. The molecular formula is C24H38N4O2. The van der Waals surface area contributed by atoms with Crippen LogP contribution in [-0.4, -0.2) is 84.9 Å². The van der Waals surface area contributed by atoms with Gasteiger partial charge in [-0.15, -0.1) is 0 Å². The van der Waals surface area contributed by atoms with Crippen molar-refractivity contribution in [3.63, 3.8) is 0 Å². The summed E-state index contributed by atoms with van der Waals surface area (Å²) in [6.45, 7) is 11.8. The van der Waals surface area contributed by atoms with Gasteiger partial charge in [0.15, 0.2) is 0 Å². The number of nitrogens with zero attached hydrogens (tertiary/aromatic N) is 3. The number of piperidine rings is 1. The lowest BCUT2D eigenvalue weighted by molar-refractivity contribution is -0.136. The van der Waals surface area contributed by atoms with E-state index in [4.69, 9.17) is 0 Å². The van der Waals surface area contributed by atoms with Crippen LogP contribution >= 0.6 is 0 Å². The van der Waals surface area contributed by atoms with Crippen molar-refractivity contribution in [3.05, 3.63) is 35.4 Å². The highest BCUT2D eigenvalue weighted by atomic mass is 16.2. The van der Waals surface area contributed by atoms with E-state index in [1.54, 1.807) is 0 Å². The minimum atomic E-state index is -0.468. The summed E-state index contributed by atoms with van der Waals surface area (Å²) in [6.07, 6.45) is 3.16. The Morgan fingerprint density at radius 3 is 2.43 bits per heavy atom. The second-order valence-electron chi connectivity index (χ2n) is 9.39. The molecule has 2 unspecified atom stereocenters. The Bertz CT molecular complexity index is 728. The molecule has 3 rings (SSSR count). The number of hydrogen-bond acceptors (Lipinski definition) is 4. The average molecular weight is 415 g/mol. The number of nitrogens with one attached hydrogen (secondary N) is 1. The molecule has 2 heterocycles. The zero-order valence-electron chi connectivity index (χ0n) is 19.1. The molecule has 1 N–H and O–H groups in total. The molecule has 30 heavy (non-hydrogen) atoms. The molecule has 1 aromatic rings. The van der Waals surface area contributed by atoms with Crippen LogP contribution in [0.25, 0.3) is 0 Å². The molecule has 166 valence electrons. The van der Waals surface area contributed by atoms with E-state index in [1.165, 1.54) is 19.4 Å². The highest BCUT2D eigenvalue weighted by Crippen LogP contribution is 2.18. The SMILES string of the molecule is Cc1ccccc1C(=O)NC(CC(C)C)C(=O)N1CCN(C2CCCN(C)C2)CC1. The van der Waals surface area contributed by atoms with Crippen molar-refractivity contribution in [1.82, 2.24) is 20.0 Å². The molecule has 0 spiro atoms. The van der Waals surface area contributed by atoms with Gasteiger partial charge >= 0.3 is 0 Å². The van der Waals surface area contributed by atoms with Gasteiger partial charge < -0.3 is 15.1 Å². The van der Waals surface area contributed by atoms with Crippen LogP contribution in [0.1, 0.15) is 49.0 Å². The summed E-state index contributed by atoms with van der Waals surface area (Å²) in [6, 6.07) is 7.67. The maximum atomic E-state index is 13.3. The fourth-order valence-corrected chi connectivity index (χ4v) is 4.72. The van der Waals surface area contributed by atoms with E-state index in [9.17, 15) is 9.59 Å². The maximum Gasteiger partial charge on any atom is 0.252 e. The second-order valence-corrected chi connectivity index (χ2v) is 9.39. The van der Waals surface area contributed by atoms with E-state index < -0.39 is 6.04 Å². The van der Waals surface area contributed by atoms with Crippen molar-refractivity contribution in [2.45, 2.75) is 52.1 Å². The van der Waals surface area contributed by atoms with E-state index in [1.807, 2.05) is 36.1 Å². The Hall–Kier alpha value is -1.92. The van der Waals surface area contributed by atoms with Crippen molar-refractivity contribution in [2.24, 2.45) is 5.92 Å². The van der Waals surface area contributed by atoms with Crippen molar-refractivity contribution in [1.29, 1.82) is 0 Å². The molecule has 6 heteroatoms. The molecule has 0 saturated carbocycles. The minimum Gasteiger partial charge on any atom is -0.340 e. The minimum absolute atomic E-state index is 0.0612. The molecule has 2 saturated heterocycles. The van der Waals surface area contributed by atoms with E-state index in [-0.39, 0.29) is 11.8 Å². The Kier molecular flexibility index (Phi) is 7.89. The lowest BCUT2D eigenvalue weighted by Crippen LogP contribution is -2.58. The zero-order valence-corrected chi connectivity index (χ0v) is 19.1. The molecule has 6 nitrogen and oxygen atoms in total. The largest absolute Gasteiger partial charge is 0.340 e. The van der Waals surface area contributed by atoms with Crippen molar-refractivity contribution < 1.29 is 9.59 Å². The van der Waals surface area contributed by atoms with E-state index in [0.717, 1.165) is 38.3 Å². The van der Waals surface area contributed by atoms with Gasteiger partial charge in [0, 0.05) is 44.3 Å². The van der Waals surface area contributed by atoms with E-state index in [2.05, 4.69) is 36.0 Å². The smallest absolute Gasteiger partial charge is 0.252 e. The van der Waals surface area contributed by atoms with E-state index in [0.29, 0.717) is 23.9 Å².